The fourth-order valence-corrected chi connectivity index (χ4v) is 0.500. The van der Waals surface area contributed by atoms with Gasteiger partial charge in [-0.15, -0.1) is 0 Å². The molecule has 0 aromatic heterocycles. The molecule has 0 saturated carbocycles. The van der Waals surface area contributed by atoms with Crippen LogP contribution in [0.1, 0.15) is 39.5 Å². The van der Waals surface area contributed by atoms with E-state index in [4.69, 9.17) is 0 Å². The van der Waals surface area contributed by atoms with Gasteiger partial charge in [-0.05, 0) is 0 Å². The zero-order valence-electron chi connectivity index (χ0n) is 5.54. The summed E-state index contributed by atoms with van der Waals surface area (Å²) in [5.41, 5.74) is 0. The summed E-state index contributed by atoms with van der Waals surface area (Å²) in [5, 5.41) is 0. The van der Waals surface area contributed by atoms with Crippen LogP contribution in [0, 0.1) is 0 Å². The molecule has 0 aromatic carbocycles. The van der Waals surface area contributed by atoms with Crippen molar-refractivity contribution in [3.8, 4) is 0 Å². The first-order valence-electron chi connectivity index (χ1n) is 2.91. The molecule has 0 unspecified atom stereocenters. The molecule has 0 aliphatic heterocycles. The molecule has 1 heteroatoms. The van der Waals surface area contributed by atoms with Gasteiger partial charge in [0.25, 0.3) is 0 Å². The summed E-state index contributed by atoms with van der Waals surface area (Å²) in [7, 11) is 0. The SMILES string of the molecule is CCCCCC.[Hg]. The van der Waals surface area contributed by atoms with E-state index in [0.717, 1.165) is 0 Å². The van der Waals surface area contributed by atoms with E-state index in [2.05, 4.69) is 13.8 Å². The van der Waals surface area contributed by atoms with Crippen molar-refractivity contribution in [2.75, 3.05) is 0 Å². The molecule has 0 N–H and O–H groups in total. The monoisotopic (exact) mass is 288 g/mol. The van der Waals surface area contributed by atoms with Crippen molar-refractivity contribution in [1.29, 1.82) is 0 Å². The largest absolute Gasteiger partial charge is 0.0654 e. The second-order valence-electron chi connectivity index (χ2n) is 1.71. The first-order valence-corrected chi connectivity index (χ1v) is 2.91. The van der Waals surface area contributed by atoms with E-state index in [1.807, 2.05) is 0 Å². The smallest absolute Gasteiger partial charge is 0 e. The van der Waals surface area contributed by atoms with Crippen LogP contribution in [-0.2, 0) is 27.7 Å². The molecule has 0 aliphatic rings. The minimum atomic E-state index is 0. The zero-order chi connectivity index (χ0) is 4.83. The maximum Gasteiger partial charge on any atom is 0 e. The summed E-state index contributed by atoms with van der Waals surface area (Å²) in [5.74, 6) is 0. The Hall–Kier alpha value is 0.935. The maximum atomic E-state index is 2.23. The maximum absolute atomic E-state index is 2.23. The van der Waals surface area contributed by atoms with Gasteiger partial charge in [-0.1, -0.05) is 39.5 Å². The molecule has 0 nitrogen and oxygen atoms in total. The third-order valence-electron chi connectivity index (χ3n) is 0.957. The predicted octanol–water partition coefficient (Wildman–Crippen LogP) is 2.58. The predicted molar refractivity (Wildman–Crippen MR) is 29.8 cm³/mol. The second kappa shape index (κ2) is 10.0. The molecule has 0 aliphatic carbocycles. The van der Waals surface area contributed by atoms with Gasteiger partial charge in [0.1, 0.15) is 0 Å². The van der Waals surface area contributed by atoms with Crippen molar-refractivity contribution < 1.29 is 27.7 Å². The normalized spacial score (nSPS) is 7.71. The van der Waals surface area contributed by atoms with E-state index in [1.54, 1.807) is 0 Å². The van der Waals surface area contributed by atoms with Crippen LogP contribution in [0.4, 0.5) is 0 Å². The quantitative estimate of drug-likeness (QED) is 0.553. The molecular weight excluding hydrogens is 273 g/mol. The number of hydrogen-bond donors (Lipinski definition) is 0. The van der Waals surface area contributed by atoms with Crippen molar-refractivity contribution in [3.63, 3.8) is 0 Å². The Morgan fingerprint density at radius 1 is 0.857 bits per heavy atom. The van der Waals surface area contributed by atoms with E-state index in [-0.39, 0.29) is 27.7 Å². The van der Waals surface area contributed by atoms with E-state index < -0.39 is 0 Å². The van der Waals surface area contributed by atoms with Crippen molar-refractivity contribution in [2.45, 2.75) is 39.5 Å². The van der Waals surface area contributed by atoms with Gasteiger partial charge >= 0.3 is 0 Å². The standard InChI is InChI=1S/C6H14.Hg/c1-3-5-6-4-2;/h3-6H2,1-2H3;. The van der Waals surface area contributed by atoms with E-state index in [1.165, 1.54) is 25.7 Å². The summed E-state index contributed by atoms with van der Waals surface area (Å²) >= 11 is 0. The minimum Gasteiger partial charge on any atom is -0.0654 e. The van der Waals surface area contributed by atoms with Gasteiger partial charge in [0, 0.05) is 27.7 Å². The van der Waals surface area contributed by atoms with Crippen LogP contribution in [0.15, 0.2) is 0 Å². The van der Waals surface area contributed by atoms with Gasteiger partial charge in [0.05, 0.1) is 0 Å². The van der Waals surface area contributed by atoms with Gasteiger partial charge in [0.2, 0.25) is 0 Å². The Labute approximate surface area is 67.2 Å². The topological polar surface area (TPSA) is 0 Å². The molecule has 0 amide bonds. The molecule has 0 bridgehead atoms. The van der Waals surface area contributed by atoms with Gasteiger partial charge in [-0.2, -0.15) is 0 Å². The van der Waals surface area contributed by atoms with Crippen molar-refractivity contribution in [3.05, 3.63) is 0 Å². The Balaban J connectivity index is 0. The molecular formula is C6H14Hg. The molecule has 0 spiro atoms. The summed E-state index contributed by atoms with van der Waals surface area (Å²) in [6.07, 6.45) is 5.54. The third kappa shape index (κ3) is 10.9. The molecule has 0 atom stereocenters. The average molecular weight is 287 g/mol. The Kier molecular flexibility index (Phi) is 15.5. The molecule has 0 fully saturated rings. The van der Waals surface area contributed by atoms with Gasteiger partial charge in [-0.25, -0.2) is 0 Å². The second-order valence-corrected chi connectivity index (χ2v) is 1.71. The third-order valence-corrected chi connectivity index (χ3v) is 0.957. The molecule has 0 radical (unpaired) electrons. The van der Waals surface area contributed by atoms with Crippen LogP contribution < -0.4 is 0 Å². The fraction of sp³-hybridized carbons (Fsp3) is 1.00. The number of rotatable bonds is 3. The van der Waals surface area contributed by atoms with Crippen molar-refractivity contribution in [1.82, 2.24) is 0 Å². The van der Waals surface area contributed by atoms with Crippen LogP contribution in [0.5, 0.6) is 0 Å². The van der Waals surface area contributed by atoms with Crippen LogP contribution >= 0.6 is 0 Å². The van der Waals surface area contributed by atoms with Gasteiger partial charge < -0.3 is 0 Å². The van der Waals surface area contributed by atoms with Crippen LogP contribution in [-0.4, -0.2) is 0 Å². The zero-order valence-corrected chi connectivity index (χ0v) is 11.0. The number of unbranched alkanes of at least 4 members (excludes halogenated alkanes) is 3. The summed E-state index contributed by atoms with van der Waals surface area (Å²) in [6.45, 7) is 4.46. The molecule has 0 aromatic rings. The van der Waals surface area contributed by atoms with Crippen LogP contribution in [0.25, 0.3) is 0 Å². The number of hydrogen-bond acceptors (Lipinski definition) is 0. The van der Waals surface area contributed by atoms with Crippen LogP contribution in [0.3, 0.4) is 0 Å². The first-order chi connectivity index (χ1) is 2.91. The van der Waals surface area contributed by atoms with E-state index in [9.17, 15) is 0 Å². The summed E-state index contributed by atoms with van der Waals surface area (Å²) < 4.78 is 0. The van der Waals surface area contributed by atoms with Crippen molar-refractivity contribution in [2.24, 2.45) is 0 Å². The molecule has 7 heavy (non-hydrogen) atoms. The minimum absolute atomic E-state index is 0. The molecule has 0 saturated heterocycles. The molecule has 0 heterocycles. The summed E-state index contributed by atoms with van der Waals surface area (Å²) in [4.78, 5) is 0. The Morgan fingerprint density at radius 2 is 1.14 bits per heavy atom. The fourth-order valence-electron chi connectivity index (χ4n) is 0.500. The van der Waals surface area contributed by atoms with E-state index >= 15 is 0 Å². The van der Waals surface area contributed by atoms with Gasteiger partial charge in [-0.3, -0.25) is 0 Å². The first kappa shape index (κ1) is 10.8. The van der Waals surface area contributed by atoms with Crippen molar-refractivity contribution >= 4 is 0 Å². The summed E-state index contributed by atoms with van der Waals surface area (Å²) in [6, 6.07) is 0. The molecule has 40 valence electrons. The molecule has 0 rings (SSSR count). The van der Waals surface area contributed by atoms with Gasteiger partial charge in [0.15, 0.2) is 0 Å². The Bertz CT molecular complexity index is 16.1. The average Bonchev–Trinajstić information content (AvgIpc) is 1.61. The van der Waals surface area contributed by atoms with E-state index in [0.29, 0.717) is 0 Å². The Morgan fingerprint density at radius 3 is 1.29 bits per heavy atom. The van der Waals surface area contributed by atoms with Crippen LogP contribution in [0.2, 0.25) is 0 Å².